The van der Waals surface area contributed by atoms with Gasteiger partial charge in [-0.25, -0.2) is 0 Å². The Kier molecular flexibility index (Phi) is 16.5. The van der Waals surface area contributed by atoms with Crippen molar-refractivity contribution >= 4 is 5.97 Å². The number of hydrogen-bond acceptors (Lipinski definition) is 2. The molecule has 2 N–H and O–H groups in total. The van der Waals surface area contributed by atoms with Crippen molar-refractivity contribution in [2.75, 3.05) is 6.61 Å². The molecule has 0 saturated carbocycles. The molecule has 0 saturated heterocycles. The molecule has 0 fully saturated rings. The van der Waals surface area contributed by atoms with Crippen molar-refractivity contribution in [3.05, 3.63) is 48.6 Å². The lowest BCUT2D eigenvalue weighted by molar-refractivity contribution is -0.137. The second-order valence-corrected chi connectivity index (χ2v) is 5.95. The number of carboxylic acid groups (broad SMARTS) is 1. The molecule has 0 rings (SSSR count). The second kappa shape index (κ2) is 17.7. The SMILES string of the molecule is CCCCC/C=C\C/C=C\C/C=C\C=C\C(CO)CCCC(=O)O. The number of aliphatic carboxylic acids is 1. The molecule has 136 valence electrons. The Bertz CT molecular complexity index is 405. The average molecular weight is 335 g/mol. The number of rotatable bonds is 15. The molecule has 1 atom stereocenters. The van der Waals surface area contributed by atoms with Crippen LogP contribution in [0.15, 0.2) is 48.6 Å². The fourth-order valence-corrected chi connectivity index (χ4v) is 2.22. The minimum atomic E-state index is -0.779. The Balaban J connectivity index is 3.74. The first-order chi connectivity index (χ1) is 11.7. The molecule has 0 aromatic rings. The summed E-state index contributed by atoms with van der Waals surface area (Å²) in [5.74, 6) is -0.736. The molecule has 3 heteroatoms. The van der Waals surface area contributed by atoms with E-state index in [9.17, 15) is 9.90 Å². The summed E-state index contributed by atoms with van der Waals surface area (Å²) in [6, 6.07) is 0. The highest BCUT2D eigenvalue weighted by Gasteiger charge is 2.04. The molecule has 0 radical (unpaired) electrons. The third kappa shape index (κ3) is 16.8. The van der Waals surface area contributed by atoms with Crippen LogP contribution in [-0.2, 0) is 4.79 Å². The Morgan fingerprint density at radius 3 is 2.33 bits per heavy atom. The van der Waals surface area contributed by atoms with Gasteiger partial charge in [-0.05, 0) is 38.5 Å². The van der Waals surface area contributed by atoms with Crippen LogP contribution in [0.1, 0.15) is 64.7 Å². The van der Waals surface area contributed by atoms with Gasteiger partial charge in [0.2, 0.25) is 0 Å². The summed E-state index contributed by atoms with van der Waals surface area (Å²) in [6.45, 7) is 2.28. The van der Waals surface area contributed by atoms with Crippen molar-refractivity contribution in [1.82, 2.24) is 0 Å². The number of unbranched alkanes of at least 4 members (excludes halogenated alkanes) is 3. The minimum Gasteiger partial charge on any atom is -0.481 e. The molecule has 0 amide bonds. The third-order valence-corrected chi connectivity index (χ3v) is 3.68. The van der Waals surface area contributed by atoms with Crippen LogP contribution in [0.3, 0.4) is 0 Å². The molecule has 0 aromatic carbocycles. The highest BCUT2D eigenvalue weighted by Crippen LogP contribution is 2.09. The molecule has 0 aliphatic carbocycles. The Labute approximate surface area is 147 Å². The van der Waals surface area contributed by atoms with Gasteiger partial charge < -0.3 is 10.2 Å². The van der Waals surface area contributed by atoms with E-state index in [1.165, 1.54) is 25.7 Å². The zero-order valence-electron chi connectivity index (χ0n) is 15.1. The first kappa shape index (κ1) is 22.4. The van der Waals surface area contributed by atoms with Crippen molar-refractivity contribution in [3.8, 4) is 0 Å². The van der Waals surface area contributed by atoms with Crippen molar-refractivity contribution < 1.29 is 15.0 Å². The quantitative estimate of drug-likeness (QED) is 0.238. The molecule has 0 aliphatic rings. The van der Waals surface area contributed by atoms with Crippen molar-refractivity contribution in [2.45, 2.75) is 64.7 Å². The van der Waals surface area contributed by atoms with E-state index in [1.807, 2.05) is 18.2 Å². The standard InChI is InChI=1S/C21H34O3/c1-2-3-4-5-6-7-8-9-10-11-12-13-14-16-20(19-22)17-15-18-21(23)24/h6-7,9-10,12-14,16,20,22H,2-5,8,11,15,17-19H2,1H3,(H,23,24)/b7-6-,10-9-,13-12-,16-14+. The summed E-state index contributed by atoms with van der Waals surface area (Å²) in [5, 5.41) is 17.8. The number of hydrogen-bond donors (Lipinski definition) is 2. The van der Waals surface area contributed by atoms with Crippen LogP contribution in [0.4, 0.5) is 0 Å². The van der Waals surface area contributed by atoms with Crippen molar-refractivity contribution in [1.29, 1.82) is 0 Å². The number of carboxylic acids is 1. The predicted molar refractivity (Wildman–Crippen MR) is 102 cm³/mol. The zero-order valence-corrected chi connectivity index (χ0v) is 15.1. The van der Waals surface area contributed by atoms with Crippen LogP contribution in [0.25, 0.3) is 0 Å². The van der Waals surface area contributed by atoms with Crippen molar-refractivity contribution in [2.24, 2.45) is 5.92 Å². The monoisotopic (exact) mass is 334 g/mol. The molecule has 3 nitrogen and oxygen atoms in total. The highest BCUT2D eigenvalue weighted by molar-refractivity contribution is 5.66. The number of carbonyl (C=O) groups is 1. The lowest BCUT2D eigenvalue weighted by Crippen LogP contribution is -2.04. The van der Waals surface area contributed by atoms with Crippen LogP contribution in [-0.4, -0.2) is 22.8 Å². The molecule has 0 heterocycles. The van der Waals surface area contributed by atoms with E-state index in [4.69, 9.17) is 5.11 Å². The Morgan fingerprint density at radius 1 is 0.958 bits per heavy atom. The minimum absolute atomic E-state index is 0.0439. The summed E-state index contributed by atoms with van der Waals surface area (Å²) in [7, 11) is 0. The van der Waals surface area contributed by atoms with E-state index in [0.717, 1.165) is 12.8 Å². The molecule has 0 aliphatic heterocycles. The molecular weight excluding hydrogens is 300 g/mol. The smallest absolute Gasteiger partial charge is 0.303 e. The topological polar surface area (TPSA) is 57.5 Å². The van der Waals surface area contributed by atoms with E-state index in [0.29, 0.717) is 12.8 Å². The van der Waals surface area contributed by atoms with Gasteiger partial charge in [-0.15, -0.1) is 0 Å². The van der Waals surface area contributed by atoms with E-state index in [2.05, 4.69) is 37.3 Å². The van der Waals surface area contributed by atoms with Crippen LogP contribution in [0.2, 0.25) is 0 Å². The van der Waals surface area contributed by atoms with Gasteiger partial charge in [-0.2, -0.15) is 0 Å². The summed E-state index contributed by atoms with van der Waals surface area (Å²) in [4.78, 5) is 10.5. The van der Waals surface area contributed by atoms with Gasteiger partial charge in [0.1, 0.15) is 0 Å². The first-order valence-corrected chi connectivity index (χ1v) is 9.16. The largest absolute Gasteiger partial charge is 0.481 e. The molecule has 24 heavy (non-hydrogen) atoms. The third-order valence-electron chi connectivity index (χ3n) is 3.68. The maximum atomic E-state index is 10.5. The van der Waals surface area contributed by atoms with Gasteiger partial charge in [0.15, 0.2) is 0 Å². The number of aliphatic hydroxyl groups excluding tert-OH is 1. The van der Waals surface area contributed by atoms with Gasteiger partial charge in [0.05, 0.1) is 0 Å². The van der Waals surface area contributed by atoms with Gasteiger partial charge in [-0.1, -0.05) is 68.4 Å². The van der Waals surface area contributed by atoms with E-state index in [1.54, 1.807) is 0 Å². The van der Waals surface area contributed by atoms with Crippen LogP contribution < -0.4 is 0 Å². The van der Waals surface area contributed by atoms with Gasteiger partial charge >= 0.3 is 5.97 Å². The maximum absolute atomic E-state index is 10.5. The summed E-state index contributed by atoms with van der Waals surface area (Å²) < 4.78 is 0. The van der Waals surface area contributed by atoms with E-state index < -0.39 is 5.97 Å². The second-order valence-electron chi connectivity index (χ2n) is 5.95. The fourth-order valence-electron chi connectivity index (χ4n) is 2.22. The zero-order chi connectivity index (χ0) is 17.9. The lowest BCUT2D eigenvalue weighted by atomic mass is 10.0. The van der Waals surface area contributed by atoms with Crippen LogP contribution >= 0.6 is 0 Å². The number of aliphatic hydroxyl groups is 1. The summed E-state index contributed by atoms with van der Waals surface area (Å²) >= 11 is 0. The fraction of sp³-hybridized carbons (Fsp3) is 0.571. The summed E-state index contributed by atoms with van der Waals surface area (Å²) in [6.07, 6.45) is 25.2. The Hall–Kier alpha value is -1.61. The van der Waals surface area contributed by atoms with Crippen LogP contribution in [0, 0.1) is 5.92 Å². The Morgan fingerprint density at radius 2 is 1.67 bits per heavy atom. The van der Waals surface area contributed by atoms with Gasteiger partial charge in [0.25, 0.3) is 0 Å². The van der Waals surface area contributed by atoms with Gasteiger partial charge in [-0.3, -0.25) is 4.79 Å². The first-order valence-electron chi connectivity index (χ1n) is 9.16. The molecular formula is C21H34O3. The van der Waals surface area contributed by atoms with Crippen LogP contribution in [0.5, 0.6) is 0 Å². The van der Waals surface area contributed by atoms with E-state index in [-0.39, 0.29) is 18.9 Å². The lowest BCUT2D eigenvalue weighted by Gasteiger charge is -2.06. The normalized spacial score (nSPS) is 13.8. The average Bonchev–Trinajstić information content (AvgIpc) is 2.57. The molecule has 0 aromatic heterocycles. The molecule has 1 unspecified atom stereocenters. The van der Waals surface area contributed by atoms with Crippen molar-refractivity contribution in [3.63, 3.8) is 0 Å². The summed E-state index contributed by atoms with van der Waals surface area (Å²) in [5.41, 5.74) is 0. The maximum Gasteiger partial charge on any atom is 0.303 e. The number of allylic oxidation sites excluding steroid dienone is 7. The highest BCUT2D eigenvalue weighted by atomic mass is 16.4. The molecule has 0 spiro atoms. The molecule has 0 bridgehead atoms. The van der Waals surface area contributed by atoms with Gasteiger partial charge in [0, 0.05) is 18.9 Å². The van der Waals surface area contributed by atoms with E-state index >= 15 is 0 Å². The predicted octanol–water partition coefficient (Wildman–Crippen LogP) is 5.44.